The van der Waals surface area contributed by atoms with Crippen molar-refractivity contribution >= 4 is 22.9 Å². The lowest BCUT2D eigenvalue weighted by atomic mass is 9.99. The van der Waals surface area contributed by atoms with E-state index in [0.29, 0.717) is 18.6 Å². The van der Waals surface area contributed by atoms with Gasteiger partial charge in [-0.3, -0.25) is 9.78 Å². The Morgan fingerprint density at radius 1 is 1.08 bits per heavy atom. The molecule has 1 N–H and O–H groups in total. The summed E-state index contributed by atoms with van der Waals surface area (Å²) in [5, 5.41) is 3.26. The molecule has 1 aliphatic rings. The molecule has 2 aromatic heterocycles. The van der Waals surface area contributed by atoms with Crippen molar-refractivity contribution in [3.8, 4) is 0 Å². The molecule has 0 saturated carbocycles. The summed E-state index contributed by atoms with van der Waals surface area (Å²) in [6, 6.07) is 12.2. The van der Waals surface area contributed by atoms with Crippen LogP contribution in [-0.4, -0.2) is 38.8 Å². The van der Waals surface area contributed by atoms with Crippen LogP contribution >= 0.6 is 0 Å². The van der Waals surface area contributed by atoms with Gasteiger partial charge in [-0.1, -0.05) is 24.3 Å². The van der Waals surface area contributed by atoms with Crippen molar-refractivity contribution in [1.82, 2.24) is 19.9 Å². The number of aromatic nitrogens is 3. The summed E-state index contributed by atoms with van der Waals surface area (Å²) in [7, 11) is 0. The molecule has 0 spiro atoms. The number of nitrogens with one attached hydrogen (secondary N) is 1. The minimum atomic E-state index is 0.221. The van der Waals surface area contributed by atoms with Crippen molar-refractivity contribution in [3.05, 3.63) is 59.9 Å². The highest BCUT2D eigenvalue weighted by Gasteiger charge is 2.19. The SMILES string of the molecule is O=C(CCCNc1ccc2nccnc2n1)N1CCc2ccccc2C1. The maximum absolute atomic E-state index is 12.5. The number of pyridine rings is 1. The van der Waals surface area contributed by atoms with Gasteiger partial charge in [0.25, 0.3) is 0 Å². The Balaban J connectivity index is 1.26. The van der Waals surface area contributed by atoms with Gasteiger partial charge in [0, 0.05) is 38.4 Å². The van der Waals surface area contributed by atoms with Crippen LogP contribution in [-0.2, 0) is 17.8 Å². The fraction of sp³-hybridized carbons (Fsp3) is 0.300. The molecule has 6 heteroatoms. The Hall–Kier alpha value is -3.02. The molecule has 0 saturated heterocycles. The zero-order valence-electron chi connectivity index (χ0n) is 14.6. The quantitative estimate of drug-likeness (QED) is 0.719. The Kier molecular flexibility index (Phi) is 4.73. The second kappa shape index (κ2) is 7.47. The predicted molar refractivity (Wildman–Crippen MR) is 101 cm³/mol. The predicted octanol–water partition coefficient (Wildman–Crippen LogP) is 2.80. The van der Waals surface area contributed by atoms with Crippen LogP contribution in [0.25, 0.3) is 11.2 Å². The molecular formula is C20H21N5O. The van der Waals surface area contributed by atoms with Crippen molar-refractivity contribution in [2.24, 2.45) is 0 Å². The molecule has 0 fully saturated rings. The summed E-state index contributed by atoms with van der Waals surface area (Å²) in [4.78, 5) is 27.3. The Bertz CT molecular complexity index is 927. The maximum atomic E-state index is 12.5. The molecule has 6 nitrogen and oxygen atoms in total. The van der Waals surface area contributed by atoms with Gasteiger partial charge in [0.2, 0.25) is 5.91 Å². The van der Waals surface area contributed by atoms with Crippen LogP contribution in [0.3, 0.4) is 0 Å². The maximum Gasteiger partial charge on any atom is 0.222 e. The lowest BCUT2D eigenvalue weighted by Gasteiger charge is -2.29. The third-order valence-corrected chi connectivity index (χ3v) is 4.69. The third kappa shape index (κ3) is 3.64. The Morgan fingerprint density at radius 2 is 1.92 bits per heavy atom. The fourth-order valence-electron chi connectivity index (χ4n) is 3.28. The highest BCUT2D eigenvalue weighted by Crippen LogP contribution is 2.19. The first kappa shape index (κ1) is 16.4. The van der Waals surface area contributed by atoms with Gasteiger partial charge in [-0.2, -0.15) is 0 Å². The molecule has 1 aromatic carbocycles. The number of fused-ring (bicyclic) bond motifs is 2. The molecule has 1 amide bonds. The number of hydrogen-bond donors (Lipinski definition) is 1. The number of carbonyl (C=O) groups is 1. The molecule has 3 heterocycles. The second-order valence-electron chi connectivity index (χ2n) is 6.46. The molecule has 0 radical (unpaired) electrons. The van der Waals surface area contributed by atoms with Crippen LogP contribution in [0.4, 0.5) is 5.82 Å². The average Bonchev–Trinajstić information content (AvgIpc) is 2.70. The van der Waals surface area contributed by atoms with E-state index in [9.17, 15) is 4.79 Å². The van der Waals surface area contributed by atoms with Gasteiger partial charge in [0.05, 0.1) is 0 Å². The van der Waals surface area contributed by atoms with Crippen LogP contribution in [0.5, 0.6) is 0 Å². The molecule has 0 bridgehead atoms. The number of carbonyl (C=O) groups excluding carboxylic acids is 1. The zero-order valence-corrected chi connectivity index (χ0v) is 14.6. The first-order valence-electron chi connectivity index (χ1n) is 8.96. The molecule has 1 aliphatic heterocycles. The van der Waals surface area contributed by atoms with Crippen molar-refractivity contribution < 1.29 is 4.79 Å². The highest BCUT2D eigenvalue weighted by atomic mass is 16.2. The standard InChI is InChI=1S/C20H21N5O/c26-19(25-13-9-15-4-1-2-5-16(15)14-25)6-3-10-22-18-8-7-17-20(24-18)23-12-11-21-17/h1-2,4-5,7-8,11-12H,3,6,9-10,13-14H2,(H,22,23,24). The minimum absolute atomic E-state index is 0.221. The largest absolute Gasteiger partial charge is 0.370 e. The average molecular weight is 347 g/mol. The van der Waals surface area contributed by atoms with Crippen molar-refractivity contribution in [2.75, 3.05) is 18.4 Å². The molecule has 0 aliphatic carbocycles. The summed E-state index contributed by atoms with van der Waals surface area (Å²) in [5.74, 6) is 0.982. The Morgan fingerprint density at radius 3 is 2.85 bits per heavy atom. The molecular weight excluding hydrogens is 326 g/mol. The molecule has 132 valence electrons. The zero-order chi connectivity index (χ0) is 17.8. The molecule has 26 heavy (non-hydrogen) atoms. The first-order valence-corrected chi connectivity index (χ1v) is 8.96. The van der Waals surface area contributed by atoms with Gasteiger partial charge in [-0.05, 0) is 36.1 Å². The number of rotatable bonds is 5. The van der Waals surface area contributed by atoms with E-state index in [2.05, 4.69) is 38.5 Å². The van der Waals surface area contributed by atoms with E-state index in [-0.39, 0.29) is 5.91 Å². The van der Waals surface area contributed by atoms with Crippen LogP contribution < -0.4 is 5.32 Å². The van der Waals surface area contributed by atoms with Gasteiger partial charge in [0.15, 0.2) is 5.65 Å². The van der Waals surface area contributed by atoms with Gasteiger partial charge in [-0.15, -0.1) is 0 Å². The van der Waals surface area contributed by atoms with E-state index in [1.807, 2.05) is 23.1 Å². The number of hydrogen-bond acceptors (Lipinski definition) is 5. The van der Waals surface area contributed by atoms with Crippen molar-refractivity contribution in [3.63, 3.8) is 0 Å². The van der Waals surface area contributed by atoms with Crippen LogP contribution in [0.15, 0.2) is 48.8 Å². The minimum Gasteiger partial charge on any atom is -0.370 e. The topological polar surface area (TPSA) is 71.0 Å². The van der Waals surface area contributed by atoms with Gasteiger partial charge < -0.3 is 10.2 Å². The van der Waals surface area contributed by atoms with Crippen LogP contribution in [0, 0.1) is 0 Å². The summed E-state index contributed by atoms with van der Waals surface area (Å²) in [6.45, 7) is 2.25. The smallest absolute Gasteiger partial charge is 0.222 e. The first-order chi connectivity index (χ1) is 12.8. The summed E-state index contributed by atoms with van der Waals surface area (Å²) < 4.78 is 0. The lowest BCUT2D eigenvalue weighted by molar-refractivity contribution is -0.132. The van der Waals surface area contributed by atoms with E-state index in [1.165, 1.54) is 11.1 Å². The molecule has 4 rings (SSSR count). The van der Waals surface area contributed by atoms with Crippen LogP contribution in [0.2, 0.25) is 0 Å². The van der Waals surface area contributed by atoms with Gasteiger partial charge in [0.1, 0.15) is 11.3 Å². The van der Waals surface area contributed by atoms with E-state index in [1.54, 1.807) is 12.4 Å². The van der Waals surface area contributed by atoms with Crippen molar-refractivity contribution in [2.45, 2.75) is 25.8 Å². The lowest BCUT2D eigenvalue weighted by Crippen LogP contribution is -2.35. The third-order valence-electron chi connectivity index (χ3n) is 4.69. The van der Waals surface area contributed by atoms with Gasteiger partial charge in [-0.25, -0.2) is 9.97 Å². The van der Waals surface area contributed by atoms with E-state index in [0.717, 1.165) is 37.3 Å². The number of amides is 1. The summed E-state index contributed by atoms with van der Waals surface area (Å²) in [5.41, 5.74) is 4.04. The monoisotopic (exact) mass is 347 g/mol. The number of nitrogens with zero attached hydrogens (tertiary/aromatic N) is 4. The molecule has 0 unspecified atom stereocenters. The Labute approximate surface area is 152 Å². The van der Waals surface area contributed by atoms with Crippen molar-refractivity contribution in [1.29, 1.82) is 0 Å². The normalized spacial score (nSPS) is 13.5. The van der Waals surface area contributed by atoms with E-state index < -0.39 is 0 Å². The number of anilines is 1. The summed E-state index contributed by atoms with van der Waals surface area (Å²) >= 11 is 0. The van der Waals surface area contributed by atoms with E-state index >= 15 is 0 Å². The van der Waals surface area contributed by atoms with Crippen LogP contribution in [0.1, 0.15) is 24.0 Å². The molecule has 0 atom stereocenters. The second-order valence-corrected chi connectivity index (χ2v) is 6.46. The molecule has 3 aromatic rings. The fourth-order valence-corrected chi connectivity index (χ4v) is 3.28. The van der Waals surface area contributed by atoms with Gasteiger partial charge >= 0.3 is 0 Å². The summed E-state index contributed by atoms with van der Waals surface area (Å²) in [6.07, 6.45) is 5.55. The highest BCUT2D eigenvalue weighted by molar-refractivity contribution is 5.76. The van der Waals surface area contributed by atoms with E-state index in [4.69, 9.17) is 0 Å². The number of benzene rings is 1.